The van der Waals surface area contributed by atoms with Gasteiger partial charge in [0.2, 0.25) is 0 Å². The number of carbonyl (C=O) groups excluding carboxylic acids is 1. The van der Waals surface area contributed by atoms with Crippen LogP contribution in [-0.2, 0) is 17.5 Å². The van der Waals surface area contributed by atoms with Crippen LogP contribution in [0.15, 0.2) is 65.5 Å². The lowest BCUT2D eigenvalue weighted by molar-refractivity contribution is -0.139. The average Bonchev–Trinajstić information content (AvgIpc) is 2.69. The molecule has 0 aliphatic carbocycles. The first-order valence-electron chi connectivity index (χ1n) is 8.21. The Morgan fingerprint density at radius 1 is 1.07 bits per heavy atom. The SMILES string of the molecule is COC(=O)c1ccc(Cn2nc(-c3ccccc3)cc(C(F)(F)F)c2=O)cc1. The van der Waals surface area contributed by atoms with Crippen LogP contribution in [-0.4, -0.2) is 22.9 Å². The van der Waals surface area contributed by atoms with Crippen LogP contribution in [0, 0.1) is 0 Å². The third-order valence-electron chi connectivity index (χ3n) is 4.06. The number of carbonyl (C=O) groups is 1. The van der Waals surface area contributed by atoms with Gasteiger partial charge in [0.05, 0.1) is 24.9 Å². The predicted molar refractivity (Wildman–Crippen MR) is 95.8 cm³/mol. The summed E-state index contributed by atoms with van der Waals surface area (Å²) < 4.78 is 45.4. The van der Waals surface area contributed by atoms with Crippen molar-refractivity contribution in [3.8, 4) is 11.3 Å². The van der Waals surface area contributed by atoms with Crippen LogP contribution >= 0.6 is 0 Å². The first-order valence-corrected chi connectivity index (χ1v) is 8.21. The molecule has 144 valence electrons. The van der Waals surface area contributed by atoms with Crippen LogP contribution in [0.4, 0.5) is 13.2 Å². The number of halogens is 3. The van der Waals surface area contributed by atoms with Crippen molar-refractivity contribution < 1.29 is 22.7 Å². The Balaban J connectivity index is 2.04. The highest BCUT2D eigenvalue weighted by atomic mass is 19.4. The molecular formula is C20H15F3N2O3. The van der Waals surface area contributed by atoms with Crippen molar-refractivity contribution in [2.75, 3.05) is 7.11 Å². The zero-order chi connectivity index (χ0) is 20.3. The Bertz CT molecular complexity index is 1040. The van der Waals surface area contributed by atoms with Crippen molar-refractivity contribution in [3.05, 3.63) is 87.7 Å². The molecule has 1 heterocycles. The number of rotatable bonds is 4. The van der Waals surface area contributed by atoms with E-state index in [4.69, 9.17) is 0 Å². The summed E-state index contributed by atoms with van der Waals surface area (Å²) in [4.78, 5) is 23.8. The minimum absolute atomic E-state index is 0.0405. The number of hydrogen-bond acceptors (Lipinski definition) is 4. The highest BCUT2D eigenvalue weighted by molar-refractivity contribution is 5.89. The molecule has 5 nitrogen and oxygen atoms in total. The van der Waals surface area contributed by atoms with E-state index in [0.717, 1.165) is 10.7 Å². The van der Waals surface area contributed by atoms with Gasteiger partial charge in [-0.2, -0.15) is 18.3 Å². The van der Waals surface area contributed by atoms with Crippen molar-refractivity contribution in [3.63, 3.8) is 0 Å². The zero-order valence-electron chi connectivity index (χ0n) is 14.7. The van der Waals surface area contributed by atoms with Gasteiger partial charge in [-0.3, -0.25) is 4.79 Å². The van der Waals surface area contributed by atoms with Crippen molar-refractivity contribution >= 4 is 5.97 Å². The number of methoxy groups -OCH3 is 1. The summed E-state index contributed by atoms with van der Waals surface area (Å²) in [6.45, 7) is -0.177. The Hall–Kier alpha value is -3.42. The predicted octanol–water partition coefficient (Wildman–Crippen LogP) is 3.76. The molecule has 8 heteroatoms. The first-order chi connectivity index (χ1) is 13.3. The Morgan fingerprint density at radius 2 is 1.71 bits per heavy atom. The second kappa shape index (κ2) is 7.67. The molecular weight excluding hydrogens is 373 g/mol. The smallest absolute Gasteiger partial charge is 0.421 e. The fourth-order valence-electron chi connectivity index (χ4n) is 2.64. The summed E-state index contributed by atoms with van der Waals surface area (Å²) in [6.07, 6.45) is -4.81. The Morgan fingerprint density at radius 3 is 2.29 bits per heavy atom. The molecule has 0 saturated carbocycles. The molecule has 0 bridgehead atoms. The molecule has 3 rings (SSSR count). The largest absolute Gasteiger partial charge is 0.465 e. The average molecular weight is 388 g/mol. The molecule has 0 spiro atoms. The van der Waals surface area contributed by atoms with Crippen molar-refractivity contribution in [2.24, 2.45) is 0 Å². The summed E-state index contributed by atoms with van der Waals surface area (Å²) in [7, 11) is 1.24. The minimum Gasteiger partial charge on any atom is -0.465 e. The Labute approximate surface area is 158 Å². The summed E-state index contributed by atoms with van der Waals surface area (Å²) in [5.41, 5.74) is -1.21. The highest BCUT2D eigenvalue weighted by Gasteiger charge is 2.35. The molecule has 0 atom stereocenters. The summed E-state index contributed by atoms with van der Waals surface area (Å²) >= 11 is 0. The van der Waals surface area contributed by atoms with Gasteiger partial charge in [-0.15, -0.1) is 0 Å². The van der Waals surface area contributed by atoms with Gasteiger partial charge < -0.3 is 4.74 Å². The van der Waals surface area contributed by atoms with Crippen LogP contribution in [0.5, 0.6) is 0 Å². The van der Waals surface area contributed by atoms with Gasteiger partial charge in [-0.1, -0.05) is 42.5 Å². The number of aromatic nitrogens is 2. The molecule has 0 aliphatic heterocycles. The van der Waals surface area contributed by atoms with Gasteiger partial charge in [0.1, 0.15) is 5.56 Å². The van der Waals surface area contributed by atoms with Gasteiger partial charge in [-0.05, 0) is 23.8 Å². The summed E-state index contributed by atoms with van der Waals surface area (Å²) in [5, 5.41) is 4.10. The third-order valence-corrected chi connectivity index (χ3v) is 4.06. The van der Waals surface area contributed by atoms with Crippen LogP contribution in [0.1, 0.15) is 21.5 Å². The topological polar surface area (TPSA) is 61.2 Å². The fraction of sp³-hybridized carbons (Fsp3) is 0.150. The number of nitrogens with zero attached hydrogens (tertiary/aromatic N) is 2. The Kier molecular flexibility index (Phi) is 5.30. The molecule has 2 aromatic carbocycles. The number of alkyl halides is 3. The lowest BCUT2D eigenvalue weighted by atomic mass is 10.1. The molecule has 0 aliphatic rings. The number of hydrogen-bond donors (Lipinski definition) is 0. The van der Waals surface area contributed by atoms with Crippen molar-refractivity contribution in [2.45, 2.75) is 12.7 Å². The maximum absolute atomic E-state index is 13.4. The highest BCUT2D eigenvalue weighted by Crippen LogP contribution is 2.29. The van der Waals surface area contributed by atoms with Crippen LogP contribution in [0.25, 0.3) is 11.3 Å². The maximum Gasteiger partial charge on any atom is 0.421 e. The van der Waals surface area contributed by atoms with E-state index in [1.54, 1.807) is 30.3 Å². The lowest BCUT2D eigenvalue weighted by Gasteiger charge is -2.13. The summed E-state index contributed by atoms with van der Waals surface area (Å²) in [6, 6.07) is 15.1. The number of esters is 1. The molecule has 28 heavy (non-hydrogen) atoms. The standard InChI is InChI=1S/C20H15F3N2O3/c1-28-19(27)15-9-7-13(8-10-15)12-25-18(26)16(20(21,22)23)11-17(24-25)14-5-3-2-4-6-14/h2-11H,12H2,1H3. The van der Waals surface area contributed by atoms with Gasteiger partial charge in [0.15, 0.2) is 0 Å². The third kappa shape index (κ3) is 4.11. The second-order valence-corrected chi connectivity index (χ2v) is 5.96. The van der Waals surface area contributed by atoms with E-state index in [9.17, 15) is 22.8 Å². The van der Waals surface area contributed by atoms with E-state index in [2.05, 4.69) is 9.84 Å². The quantitative estimate of drug-likeness (QED) is 0.639. The van der Waals surface area contributed by atoms with E-state index in [-0.39, 0.29) is 12.2 Å². The van der Waals surface area contributed by atoms with Crippen LogP contribution < -0.4 is 5.56 Å². The van der Waals surface area contributed by atoms with E-state index < -0.39 is 23.3 Å². The normalized spacial score (nSPS) is 11.3. The second-order valence-electron chi connectivity index (χ2n) is 5.96. The zero-order valence-corrected chi connectivity index (χ0v) is 14.7. The first kappa shape index (κ1) is 19.3. The van der Waals surface area contributed by atoms with E-state index in [1.807, 2.05) is 0 Å². The molecule has 0 N–H and O–H groups in total. The number of ether oxygens (including phenoxy) is 1. The molecule has 0 unspecified atom stereocenters. The van der Waals surface area contributed by atoms with Crippen molar-refractivity contribution in [1.29, 1.82) is 0 Å². The maximum atomic E-state index is 13.4. The minimum atomic E-state index is -4.81. The van der Waals surface area contributed by atoms with E-state index in [1.165, 1.54) is 31.4 Å². The molecule has 0 fully saturated rings. The number of benzene rings is 2. The molecule has 0 amide bonds. The van der Waals surface area contributed by atoms with Crippen molar-refractivity contribution in [1.82, 2.24) is 9.78 Å². The molecule has 0 saturated heterocycles. The molecule has 0 radical (unpaired) electrons. The monoisotopic (exact) mass is 388 g/mol. The van der Waals surface area contributed by atoms with Gasteiger partial charge in [0.25, 0.3) is 5.56 Å². The van der Waals surface area contributed by atoms with E-state index >= 15 is 0 Å². The van der Waals surface area contributed by atoms with Crippen LogP contribution in [0.3, 0.4) is 0 Å². The van der Waals surface area contributed by atoms with E-state index in [0.29, 0.717) is 16.7 Å². The summed E-state index contributed by atoms with van der Waals surface area (Å²) in [5.74, 6) is -0.535. The fourth-order valence-corrected chi connectivity index (χ4v) is 2.64. The molecule has 3 aromatic rings. The van der Waals surface area contributed by atoms with Gasteiger partial charge >= 0.3 is 12.1 Å². The van der Waals surface area contributed by atoms with Gasteiger partial charge in [-0.25, -0.2) is 9.48 Å². The van der Waals surface area contributed by atoms with Gasteiger partial charge in [0, 0.05) is 5.56 Å². The molecule has 1 aromatic heterocycles. The lowest BCUT2D eigenvalue weighted by Crippen LogP contribution is -2.31. The van der Waals surface area contributed by atoms with Crippen LogP contribution in [0.2, 0.25) is 0 Å².